The molecule has 1 amide bonds. The molecule has 18 heavy (non-hydrogen) atoms. The number of hydrogen-bond acceptors (Lipinski definition) is 2. The normalized spacial score (nSPS) is 10.4. The number of aryl methyl sites for hydroxylation is 2. The summed E-state index contributed by atoms with van der Waals surface area (Å²) in [5, 5.41) is 11.6. The lowest BCUT2D eigenvalue weighted by molar-refractivity contribution is 0.0952. The van der Waals surface area contributed by atoms with Crippen LogP contribution < -0.4 is 5.32 Å². The van der Waals surface area contributed by atoms with Crippen molar-refractivity contribution in [3.05, 3.63) is 34.9 Å². The van der Waals surface area contributed by atoms with Crippen molar-refractivity contribution in [2.45, 2.75) is 39.5 Å². The largest absolute Gasteiger partial charge is 0.396 e. The maximum atomic E-state index is 12.0. The highest BCUT2D eigenvalue weighted by Gasteiger charge is 2.07. The minimum Gasteiger partial charge on any atom is -0.396 e. The van der Waals surface area contributed by atoms with Crippen molar-refractivity contribution in [3.63, 3.8) is 0 Å². The molecule has 0 saturated heterocycles. The number of amides is 1. The van der Waals surface area contributed by atoms with Crippen LogP contribution in [0.15, 0.2) is 18.2 Å². The maximum Gasteiger partial charge on any atom is 0.251 e. The first-order valence-corrected chi connectivity index (χ1v) is 6.61. The molecule has 1 aromatic rings. The molecule has 3 nitrogen and oxygen atoms in total. The minimum atomic E-state index is 0.0124. The van der Waals surface area contributed by atoms with Gasteiger partial charge in [0.05, 0.1) is 0 Å². The van der Waals surface area contributed by atoms with Gasteiger partial charge in [-0.2, -0.15) is 0 Å². The smallest absolute Gasteiger partial charge is 0.251 e. The van der Waals surface area contributed by atoms with Crippen molar-refractivity contribution in [1.82, 2.24) is 5.32 Å². The highest BCUT2D eigenvalue weighted by molar-refractivity contribution is 5.95. The van der Waals surface area contributed by atoms with Crippen LogP contribution in [0.1, 0.15) is 47.2 Å². The van der Waals surface area contributed by atoms with E-state index in [1.807, 2.05) is 32.0 Å². The minimum absolute atomic E-state index is 0.0124. The summed E-state index contributed by atoms with van der Waals surface area (Å²) in [6.07, 6.45) is 3.89. The Labute approximate surface area is 109 Å². The summed E-state index contributed by atoms with van der Waals surface area (Å²) < 4.78 is 0. The number of rotatable bonds is 7. The van der Waals surface area contributed by atoms with Gasteiger partial charge in [-0.3, -0.25) is 4.79 Å². The van der Waals surface area contributed by atoms with Crippen molar-refractivity contribution in [2.24, 2.45) is 0 Å². The fourth-order valence-electron chi connectivity index (χ4n) is 1.87. The highest BCUT2D eigenvalue weighted by atomic mass is 16.2. The second-order valence-corrected chi connectivity index (χ2v) is 4.71. The summed E-state index contributed by atoms with van der Waals surface area (Å²) in [6.45, 7) is 4.91. The Kier molecular flexibility index (Phi) is 6.44. The fourth-order valence-corrected chi connectivity index (χ4v) is 1.87. The zero-order chi connectivity index (χ0) is 13.4. The van der Waals surface area contributed by atoms with Crippen molar-refractivity contribution in [1.29, 1.82) is 0 Å². The second-order valence-electron chi connectivity index (χ2n) is 4.71. The van der Waals surface area contributed by atoms with Crippen LogP contribution in [0.3, 0.4) is 0 Å². The zero-order valence-corrected chi connectivity index (χ0v) is 11.3. The quantitative estimate of drug-likeness (QED) is 0.730. The molecule has 0 radical (unpaired) electrons. The van der Waals surface area contributed by atoms with Crippen molar-refractivity contribution >= 4 is 5.91 Å². The molecule has 0 fully saturated rings. The van der Waals surface area contributed by atoms with Gasteiger partial charge in [-0.1, -0.05) is 30.5 Å². The number of carbonyl (C=O) groups is 1. The number of aliphatic hydroxyl groups is 1. The predicted molar refractivity (Wildman–Crippen MR) is 73.8 cm³/mol. The fraction of sp³-hybridized carbons (Fsp3) is 0.533. The lowest BCUT2D eigenvalue weighted by Gasteiger charge is -2.08. The monoisotopic (exact) mass is 249 g/mol. The standard InChI is InChI=1S/C15H23NO2/c1-12-7-8-13(2)14(11-12)15(18)16-9-5-3-4-6-10-17/h7-8,11,17H,3-6,9-10H2,1-2H3,(H,16,18). The van der Waals surface area contributed by atoms with E-state index in [4.69, 9.17) is 5.11 Å². The van der Waals surface area contributed by atoms with Gasteiger partial charge in [-0.05, 0) is 38.3 Å². The zero-order valence-electron chi connectivity index (χ0n) is 11.3. The Morgan fingerprint density at radius 2 is 1.89 bits per heavy atom. The molecular formula is C15H23NO2. The van der Waals surface area contributed by atoms with Crippen LogP contribution in [0.2, 0.25) is 0 Å². The summed E-state index contributed by atoms with van der Waals surface area (Å²) >= 11 is 0. The molecule has 0 bridgehead atoms. The topological polar surface area (TPSA) is 49.3 Å². The van der Waals surface area contributed by atoms with Gasteiger partial charge >= 0.3 is 0 Å². The number of unbranched alkanes of at least 4 members (excludes halogenated alkanes) is 3. The Morgan fingerprint density at radius 3 is 2.61 bits per heavy atom. The molecule has 0 unspecified atom stereocenters. The van der Waals surface area contributed by atoms with Crippen LogP contribution in [0.4, 0.5) is 0 Å². The van der Waals surface area contributed by atoms with Crippen LogP contribution in [-0.4, -0.2) is 24.2 Å². The number of carbonyl (C=O) groups excluding carboxylic acids is 1. The van der Waals surface area contributed by atoms with Crippen LogP contribution >= 0.6 is 0 Å². The lowest BCUT2D eigenvalue weighted by atomic mass is 10.1. The first kappa shape index (κ1) is 14.7. The van der Waals surface area contributed by atoms with E-state index in [1.165, 1.54) is 0 Å². The third kappa shape index (κ3) is 4.88. The van der Waals surface area contributed by atoms with Crippen LogP contribution in [-0.2, 0) is 0 Å². The second kappa shape index (κ2) is 7.88. The summed E-state index contributed by atoms with van der Waals surface area (Å²) in [4.78, 5) is 12.0. The maximum absolute atomic E-state index is 12.0. The molecule has 0 spiro atoms. The van der Waals surface area contributed by atoms with Crippen molar-refractivity contribution in [3.8, 4) is 0 Å². The third-order valence-corrected chi connectivity index (χ3v) is 3.01. The Balaban J connectivity index is 2.34. The van der Waals surface area contributed by atoms with Gasteiger partial charge in [0.25, 0.3) is 5.91 Å². The molecule has 3 heteroatoms. The summed E-state index contributed by atoms with van der Waals surface area (Å²) in [6, 6.07) is 5.92. The molecule has 0 aliphatic heterocycles. The van der Waals surface area contributed by atoms with E-state index in [-0.39, 0.29) is 12.5 Å². The average molecular weight is 249 g/mol. The predicted octanol–water partition coefficient (Wildman–Crippen LogP) is 2.59. The average Bonchev–Trinajstić information content (AvgIpc) is 2.36. The van der Waals surface area contributed by atoms with E-state index in [0.717, 1.165) is 42.4 Å². The first-order valence-electron chi connectivity index (χ1n) is 6.61. The Bertz CT molecular complexity index is 388. The summed E-state index contributed by atoms with van der Waals surface area (Å²) in [5.74, 6) is 0.0124. The summed E-state index contributed by atoms with van der Waals surface area (Å²) in [7, 11) is 0. The first-order chi connectivity index (χ1) is 8.65. The van der Waals surface area contributed by atoms with Crippen LogP contribution in [0, 0.1) is 13.8 Å². The van der Waals surface area contributed by atoms with Gasteiger partial charge in [-0.25, -0.2) is 0 Å². The van der Waals surface area contributed by atoms with Crippen molar-refractivity contribution in [2.75, 3.05) is 13.2 Å². The van der Waals surface area contributed by atoms with Crippen LogP contribution in [0.25, 0.3) is 0 Å². The molecule has 1 rings (SSSR count). The summed E-state index contributed by atoms with van der Waals surface area (Å²) in [5.41, 5.74) is 2.89. The number of aliphatic hydroxyl groups excluding tert-OH is 1. The Hall–Kier alpha value is -1.35. The van der Waals surface area contributed by atoms with Gasteiger partial charge in [-0.15, -0.1) is 0 Å². The van der Waals surface area contributed by atoms with E-state index >= 15 is 0 Å². The molecule has 0 atom stereocenters. The number of benzene rings is 1. The van der Waals surface area contributed by atoms with Crippen molar-refractivity contribution < 1.29 is 9.90 Å². The molecule has 0 aliphatic carbocycles. The Morgan fingerprint density at radius 1 is 1.17 bits per heavy atom. The molecule has 0 saturated carbocycles. The molecule has 0 aliphatic rings. The molecule has 1 aromatic carbocycles. The molecule has 0 aromatic heterocycles. The third-order valence-electron chi connectivity index (χ3n) is 3.01. The van der Waals surface area contributed by atoms with Gasteiger partial charge in [0.15, 0.2) is 0 Å². The lowest BCUT2D eigenvalue weighted by Crippen LogP contribution is -2.25. The molecule has 2 N–H and O–H groups in total. The van der Waals surface area contributed by atoms with Gasteiger partial charge < -0.3 is 10.4 Å². The molecule has 0 heterocycles. The molecular weight excluding hydrogens is 226 g/mol. The van der Waals surface area contributed by atoms with E-state index in [9.17, 15) is 4.79 Å². The molecule has 100 valence electrons. The van der Waals surface area contributed by atoms with Gasteiger partial charge in [0, 0.05) is 18.7 Å². The number of hydrogen-bond donors (Lipinski definition) is 2. The van der Waals surface area contributed by atoms with E-state index in [0.29, 0.717) is 6.54 Å². The van der Waals surface area contributed by atoms with Gasteiger partial charge in [0.2, 0.25) is 0 Å². The SMILES string of the molecule is Cc1ccc(C)c(C(=O)NCCCCCCO)c1. The highest BCUT2D eigenvalue weighted by Crippen LogP contribution is 2.10. The van der Waals surface area contributed by atoms with Gasteiger partial charge in [0.1, 0.15) is 0 Å². The number of nitrogens with one attached hydrogen (secondary N) is 1. The van der Waals surface area contributed by atoms with E-state index < -0.39 is 0 Å². The van der Waals surface area contributed by atoms with E-state index in [2.05, 4.69) is 5.32 Å². The van der Waals surface area contributed by atoms with E-state index in [1.54, 1.807) is 0 Å². The van der Waals surface area contributed by atoms with Crippen LogP contribution in [0.5, 0.6) is 0 Å².